The molecular formula is C28H26N2O3S. The summed E-state index contributed by atoms with van der Waals surface area (Å²) in [6.45, 7) is 0.306. The Hall–Kier alpha value is -3.74. The van der Waals surface area contributed by atoms with Gasteiger partial charge in [0.1, 0.15) is 0 Å². The molecule has 4 aromatic rings. The van der Waals surface area contributed by atoms with Crippen LogP contribution in [0.25, 0.3) is 0 Å². The average molecular weight is 471 g/mol. The maximum Gasteiger partial charge on any atom is 0.240 e. The number of hydrogen-bond donors (Lipinski definition) is 2. The molecule has 0 saturated carbocycles. The van der Waals surface area contributed by atoms with Crippen LogP contribution in [0.5, 0.6) is 0 Å². The molecule has 2 N–H and O–H groups in total. The van der Waals surface area contributed by atoms with Gasteiger partial charge in [0.05, 0.1) is 10.8 Å². The van der Waals surface area contributed by atoms with Crippen LogP contribution in [0.2, 0.25) is 0 Å². The van der Waals surface area contributed by atoms with Crippen LogP contribution in [0.4, 0.5) is 5.69 Å². The molecule has 4 aromatic carbocycles. The highest BCUT2D eigenvalue weighted by molar-refractivity contribution is 7.89. The average Bonchev–Trinajstić information content (AvgIpc) is 2.86. The first-order valence-electron chi connectivity index (χ1n) is 11.1. The minimum absolute atomic E-state index is 0.154. The number of sulfonamides is 1. The molecule has 0 atom stereocenters. The zero-order chi connectivity index (χ0) is 23.8. The molecule has 0 spiro atoms. The Labute approximate surface area is 200 Å². The van der Waals surface area contributed by atoms with Crippen molar-refractivity contribution in [2.45, 2.75) is 17.2 Å². The third-order valence-corrected chi connectivity index (χ3v) is 6.99. The summed E-state index contributed by atoms with van der Waals surface area (Å²) < 4.78 is 27.9. The van der Waals surface area contributed by atoms with Gasteiger partial charge in [-0.1, -0.05) is 91.0 Å². The van der Waals surface area contributed by atoms with Crippen LogP contribution in [0.1, 0.15) is 22.6 Å². The van der Waals surface area contributed by atoms with Crippen molar-refractivity contribution in [3.05, 3.63) is 132 Å². The van der Waals surface area contributed by atoms with Gasteiger partial charge in [0, 0.05) is 12.2 Å². The van der Waals surface area contributed by atoms with Gasteiger partial charge >= 0.3 is 0 Å². The molecule has 0 aliphatic rings. The molecule has 0 heterocycles. The van der Waals surface area contributed by atoms with Crippen molar-refractivity contribution in [3.8, 4) is 0 Å². The van der Waals surface area contributed by atoms with Crippen molar-refractivity contribution < 1.29 is 13.2 Å². The normalized spacial score (nSPS) is 11.3. The molecule has 0 aromatic heterocycles. The van der Waals surface area contributed by atoms with Gasteiger partial charge in [0.25, 0.3) is 0 Å². The molecule has 0 radical (unpaired) electrons. The standard InChI is InChI=1S/C28H26N2O3S/c31-28(27(23-12-6-2-7-13-23)24-14-8-3-9-15-24)30-25-16-18-26(19-17-25)34(32,33)29-21-20-22-10-4-1-5-11-22/h1-19,27,29H,20-21H2,(H,30,31). The maximum atomic E-state index is 13.2. The lowest BCUT2D eigenvalue weighted by molar-refractivity contribution is -0.116. The van der Waals surface area contributed by atoms with Crippen molar-refractivity contribution >= 4 is 21.6 Å². The van der Waals surface area contributed by atoms with E-state index in [0.717, 1.165) is 16.7 Å². The van der Waals surface area contributed by atoms with Crippen LogP contribution in [0.15, 0.2) is 120 Å². The Morgan fingerprint density at radius 1 is 0.676 bits per heavy atom. The van der Waals surface area contributed by atoms with Crippen LogP contribution < -0.4 is 10.0 Å². The lowest BCUT2D eigenvalue weighted by Gasteiger charge is -2.18. The van der Waals surface area contributed by atoms with Crippen LogP contribution in [0, 0.1) is 0 Å². The van der Waals surface area contributed by atoms with Gasteiger partial charge in [-0.25, -0.2) is 13.1 Å². The molecule has 0 aliphatic carbocycles. The Morgan fingerprint density at radius 2 is 1.18 bits per heavy atom. The van der Waals surface area contributed by atoms with Gasteiger partial charge in [-0.2, -0.15) is 0 Å². The van der Waals surface area contributed by atoms with Crippen molar-refractivity contribution in [1.82, 2.24) is 4.72 Å². The largest absolute Gasteiger partial charge is 0.325 e. The molecule has 5 nitrogen and oxygen atoms in total. The highest BCUT2D eigenvalue weighted by Crippen LogP contribution is 2.26. The monoisotopic (exact) mass is 470 g/mol. The Morgan fingerprint density at radius 3 is 1.71 bits per heavy atom. The number of carbonyl (C=O) groups is 1. The van der Waals surface area contributed by atoms with E-state index in [0.29, 0.717) is 18.7 Å². The maximum absolute atomic E-state index is 13.2. The van der Waals surface area contributed by atoms with E-state index in [1.165, 1.54) is 12.1 Å². The highest BCUT2D eigenvalue weighted by Gasteiger charge is 2.23. The molecule has 4 rings (SSSR count). The molecule has 0 saturated heterocycles. The number of amides is 1. The Balaban J connectivity index is 1.44. The SMILES string of the molecule is O=C(Nc1ccc(S(=O)(=O)NCCc2ccccc2)cc1)C(c1ccccc1)c1ccccc1. The van der Waals surface area contributed by atoms with E-state index < -0.39 is 15.9 Å². The van der Waals surface area contributed by atoms with Crippen molar-refractivity contribution in [2.75, 3.05) is 11.9 Å². The number of nitrogens with one attached hydrogen (secondary N) is 2. The number of carbonyl (C=O) groups excluding carboxylic acids is 1. The predicted octanol–water partition coefficient (Wildman–Crippen LogP) is 4.98. The fourth-order valence-electron chi connectivity index (χ4n) is 3.78. The Bertz CT molecular complexity index is 1270. The molecule has 6 heteroatoms. The first-order chi connectivity index (χ1) is 16.5. The minimum atomic E-state index is -3.64. The number of anilines is 1. The summed E-state index contributed by atoms with van der Waals surface area (Å²) in [7, 11) is -3.64. The van der Waals surface area contributed by atoms with Gasteiger partial charge < -0.3 is 5.32 Å². The molecule has 1 amide bonds. The summed E-state index contributed by atoms with van der Waals surface area (Å²) in [5, 5.41) is 2.93. The molecule has 0 unspecified atom stereocenters. The third kappa shape index (κ3) is 5.98. The summed E-state index contributed by atoms with van der Waals surface area (Å²) in [5.74, 6) is -0.667. The quantitative estimate of drug-likeness (QED) is 0.362. The second-order valence-electron chi connectivity index (χ2n) is 7.90. The van der Waals surface area contributed by atoms with Gasteiger partial charge in [-0.15, -0.1) is 0 Å². The summed E-state index contributed by atoms with van der Waals surface area (Å²) in [5.41, 5.74) is 3.36. The predicted molar refractivity (Wildman–Crippen MR) is 135 cm³/mol. The first kappa shape index (κ1) is 23.4. The fourth-order valence-corrected chi connectivity index (χ4v) is 4.81. The summed E-state index contributed by atoms with van der Waals surface area (Å²) >= 11 is 0. The van der Waals surface area contributed by atoms with E-state index in [-0.39, 0.29) is 10.8 Å². The lowest BCUT2D eigenvalue weighted by atomic mass is 9.90. The van der Waals surface area contributed by atoms with E-state index in [4.69, 9.17) is 0 Å². The topological polar surface area (TPSA) is 75.3 Å². The molecule has 172 valence electrons. The van der Waals surface area contributed by atoms with Gasteiger partial charge in [0.2, 0.25) is 15.9 Å². The first-order valence-corrected chi connectivity index (χ1v) is 12.6. The molecule has 0 bridgehead atoms. The summed E-state index contributed by atoms with van der Waals surface area (Å²) in [6, 6.07) is 35.1. The zero-order valence-electron chi connectivity index (χ0n) is 18.6. The van der Waals surface area contributed by atoms with Crippen molar-refractivity contribution in [2.24, 2.45) is 0 Å². The minimum Gasteiger partial charge on any atom is -0.325 e. The molecular weight excluding hydrogens is 444 g/mol. The van der Waals surface area contributed by atoms with Gasteiger partial charge in [-0.3, -0.25) is 4.79 Å². The van der Waals surface area contributed by atoms with E-state index in [1.54, 1.807) is 12.1 Å². The molecule has 0 fully saturated rings. The van der Waals surface area contributed by atoms with E-state index >= 15 is 0 Å². The number of rotatable bonds is 9. The fraction of sp³-hybridized carbons (Fsp3) is 0.107. The summed E-state index contributed by atoms with van der Waals surface area (Å²) in [4.78, 5) is 13.4. The second-order valence-corrected chi connectivity index (χ2v) is 9.67. The van der Waals surface area contributed by atoms with Crippen molar-refractivity contribution in [1.29, 1.82) is 0 Å². The summed E-state index contributed by atoms with van der Waals surface area (Å²) in [6.07, 6.45) is 0.606. The molecule has 0 aliphatic heterocycles. The number of hydrogen-bond acceptors (Lipinski definition) is 3. The van der Waals surface area contributed by atoms with E-state index in [2.05, 4.69) is 10.0 Å². The molecule has 34 heavy (non-hydrogen) atoms. The second kappa shape index (κ2) is 10.9. The van der Waals surface area contributed by atoms with Gasteiger partial charge in [0.15, 0.2) is 0 Å². The third-order valence-electron chi connectivity index (χ3n) is 5.51. The number of benzene rings is 4. The van der Waals surface area contributed by atoms with Crippen LogP contribution >= 0.6 is 0 Å². The van der Waals surface area contributed by atoms with E-state index in [1.807, 2.05) is 91.0 Å². The van der Waals surface area contributed by atoms with Crippen LogP contribution in [0.3, 0.4) is 0 Å². The Kier molecular flexibility index (Phi) is 7.52. The van der Waals surface area contributed by atoms with Gasteiger partial charge in [-0.05, 0) is 47.4 Å². The zero-order valence-corrected chi connectivity index (χ0v) is 19.4. The smallest absolute Gasteiger partial charge is 0.240 e. The highest BCUT2D eigenvalue weighted by atomic mass is 32.2. The van der Waals surface area contributed by atoms with Crippen LogP contribution in [-0.2, 0) is 21.2 Å². The van der Waals surface area contributed by atoms with Crippen LogP contribution in [-0.4, -0.2) is 20.9 Å². The van der Waals surface area contributed by atoms with E-state index in [9.17, 15) is 13.2 Å². The van der Waals surface area contributed by atoms with Crippen molar-refractivity contribution in [3.63, 3.8) is 0 Å². The lowest BCUT2D eigenvalue weighted by Crippen LogP contribution is -2.26.